The van der Waals surface area contributed by atoms with Crippen LogP contribution >= 0.6 is 11.6 Å². The summed E-state index contributed by atoms with van der Waals surface area (Å²) in [6.45, 7) is 1.59. The summed E-state index contributed by atoms with van der Waals surface area (Å²) in [5.41, 5.74) is 0.226. The highest BCUT2D eigenvalue weighted by Gasteiger charge is 2.21. The summed E-state index contributed by atoms with van der Waals surface area (Å²) in [5.74, 6) is 2.05. The first kappa shape index (κ1) is 18.7. The van der Waals surface area contributed by atoms with Gasteiger partial charge in [0.15, 0.2) is 5.69 Å². The van der Waals surface area contributed by atoms with Crippen LogP contribution in [-0.4, -0.2) is 36.7 Å². The average molecular weight is 380 g/mol. The number of benzene rings is 1. The number of anilines is 1. The van der Waals surface area contributed by atoms with Crippen molar-refractivity contribution < 1.29 is 17.9 Å². The molecule has 1 N–H and O–H groups in total. The van der Waals surface area contributed by atoms with E-state index in [-0.39, 0.29) is 23.1 Å². The standard InChI is InChI=1S/C16H14ClN3O4S/c1-3-9-24-12-7-5-11(6-8-12)19-15(21)14-13(17)10-18-16(20-14)25(22,23)4-2/h1,5-8,10H,4,9H2,2H3,(H,19,21). The molecular formula is C16H14ClN3O4S. The van der Waals surface area contributed by atoms with Crippen molar-refractivity contribution >= 4 is 33.0 Å². The Morgan fingerprint density at radius 3 is 2.64 bits per heavy atom. The Morgan fingerprint density at radius 2 is 2.04 bits per heavy atom. The summed E-state index contributed by atoms with van der Waals surface area (Å²) in [6.07, 6.45) is 6.19. The molecule has 0 aliphatic carbocycles. The van der Waals surface area contributed by atoms with Crippen LogP contribution in [0.1, 0.15) is 17.4 Å². The molecule has 0 spiro atoms. The lowest BCUT2D eigenvalue weighted by molar-refractivity contribution is 0.102. The molecule has 130 valence electrons. The third-order valence-electron chi connectivity index (χ3n) is 3.03. The second-order valence-corrected chi connectivity index (χ2v) is 7.30. The van der Waals surface area contributed by atoms with Gasteiger partial charge in [-0.25, -0.2) is 18.4 Å². The van der Waals surface area contributed by atoms with Gasteiger partial charge in [-0.15, -0.1) is 6.42 Å². The number of hydrogen-bond acceptors (Lipinski definition) is 6. The van der Waals surface area contributed by atoms with E-state index < -0.39 is 20.9 Å². The van der Waals surface area contributed by atoms with E-state index in [1.54, 1.807) is 24.3 Å². The zero-order valence-corrected chi connectivity index (χ0v) is 14.8. The molecule has 0 fully saturated rings. The number of carbonyl (C=O) groups excluding carboxylic acids is 1. The molecule has 2 aromatic rings. The van der Waals surface area contributed by atoms with Crippen molar-refractivity contribution in [3.05, 3.63) is 41.2 Å². The van der Waals surface area contributed by atoms with Crippen LogP contribution in [0.2, 0.25) is 5.02 Å². The fourth-order valence-corrected chi connectivity index (χ4v) is 2.62. The first-order valence-electron chi connectivity index (χ1n) is 7.10. The first-order valence-corrected chi connectivity index (χ1v) is 9.13. The van der Waals surface area contributed by atoms with Crippen molar-refractivity contribution in [2.75, 3.05) is 17.7 Å². The molecule has 7 nitrogen and oxygen atoms in total. The molecule has 0 radical (unpaired) electrons. The van der Waals surface area contributed by atoms with Crippen molar-refractivity contribution in [1.82, 2.24) is 9.97 Å². The molecule has 1 aromatic heterocycles. The van der Waals surface area contributed by atoms with Crippen molar-refractivity contribution in [2.45, 2.75) is 12.1 Å². The van der Waals surface area contributed by atoms with Crippen LogP contribution in [0.15, 0.2) is 35.6 Å². The number of carbonyl (C=O) groups is 1. The number of nitrogens with zero attached hydrogens (tertiary/aromatic N) is 2. The Labute approximate surface area is 150 Å². The summed E-state index contributed by atoms with van der Waals surface area (Å²) in [6, 6.07) is 6.45. The number of sulfone groups is 1. The van der Waals surface area contributed by atoms with Gasteiger partial charge in [-0.3, -0.25) is 4.79 Å². The maximum absolute atomic E-state index is 12.3. The molecule has 0 aliphatic rings. The lowest BCUT2D eigenvalue weighted by atomic mass is 10.3. The predicted octanol–water partition coefficient (Wildman–Crippen LogP) is 2.19. The quantitative estimate of drug-likeness (QED) is 0.610. The monoisotopic (exact) mass is 379 g/mol. The van der Waals surface area contributed by atoms with Crippen LogP contribution < -0.4 is 10.1 Å². The number of nitrogens with one attached hydrogen (secondary N) is 1. The zero-order chi connectivity index (χ0) is 18.4. The fourth-order valence-electron chi connectivity index (χ4n) is 1.74. The molecule has 0 saturated carbocycles. The Bertz CT molecular complexity index is 921. The Morgan fingerprint density at radius 1 is 1.36 bits per heavy atom. The third kappa shape index (κ3) is 4.68. The molecule has 9 heteroatoms. The highest BCUT2D eigenvalue weighted by Crippen LogP contribution is 2.19. The van der Waals surface area contributed by atoms with E-state index in [1.165, 1.54) is 6.92 Å². The van der Waals surface area contributed by atoms with E-state index in [4.69, 9.17) is 22.8 Å². The predicted molar refractivity (Wildman–Crippen MR) is 93.5 cm³/mol. The minimum Gasteiger partial charge on any atom is -0.481 e. The van der Waals surface area contributed by atoms with Crippen molar-refractivity contribution in [3.63, 3.8) is 0 Å². The Hall–Kier alpha value is -2.63. The Kier molecular flexibility index (Phi) is 5.96. The molecule has 1 amide bonds. The summed E-state index contributed by atoms with van der Waals surface area (Å²) < 4.78 is 28.9. The molecule has 2 rings (SSSR count). The zero-order valence-electron chi connectivity index (χ0n) is 13.2. The summed E-state index contributed by atoms with van der Waals surface area (Å²) >= 11 is 5.91. The number of hydrogen-bond donors (Lipinski definition) is 1. The van der Waals surface area contributed by atoms with Gasteiger partial charge in [0.25, 0.3) is 5.91 Å². The van der Waals surface area contributed by atoms with Gasteiger partial charge < -0.3 is 10.1 Å². The second kappa shape index (κ2) is 7.96. The third-order valence-corrected chi connectivity index (χ3v) is 4.82. The van der Waals surface area contributed by atoms with Crippen LogP contribution in [0.4, 0.5) is 5.69 Å². The van der Waals surface area contributed by atoms with Crippen molar-refractivity contribution in [2.24, 2.45) is 0 Å². The number of halogens is 1. The van der Waals surface area contributed by atoms with Crippen LogP contribution in [0.25, 0.3) is 0 Å². The molecule has 0 atom stereocenters. The maximum atomic E-state index is 12.3. The molecular weight excluding hydrogens is 366 g/mol. The normalized spacial score (nSPS) is 10.8. The van der Waals surface area contributed by atoms with Gasteiger partial charge in [0.05, 0.1) is 17.0 Å². The van der Waals surface area contributed by atoms with Gasteiger partial charge in [0, 0.05) is 5.69 Å². The smallest absolute Gasteiger partial charge is 0.275 e. The number of amides is 1. The summed E-state index contributed by atoms with van der Waals surface area (Å²) in [4.78, 5) is 19.8. The van der Waals surface area contributed by atoms with Gasteiger partial charge in [-0.1, -0.05) is 24.4 Å². The van der Waals surface area contributed by atoms with E-state index >= 15 is 0 Å². The number of ether oxygens (including phenoxy) is 1. The molecule has 0 unspecified atom stereocenters. The molecule has 0 aliphatic heterocycles. The van der Waals surface area contributed by atoms with E-state index in [0.29, 0.717) is 11.4 Å². The van der Waals surface area contributed by atoms with Gasteiger partial charge >= 0.3 is 0 Å². The van der Waals surface area contributed by atoms with Crippen LogP contribution in [0, 0.1) is 12.3 Å². The first-order chi connectivity index (χ1) is 11.9. The maximum Gasteiger partial charge on any atom is 0.275 e. The fraction of sp³-hybridized carbons (Fsp3) is 0.188. The van der Waals surface area contributed by atoms with Gasteiger partial charge in [-0.05, 0) is 24.3 Å². The minimum atomic E-state index is -3.65. The summed E-state index contributed by atoms with van der Waals surface area (Å²) in [5, 5.41) is 2.08. The Balaban J connectivity index is 2.21. The SMILES string of the molecule is C#CCOc1ccc(NC(=O)c2nc(S(=O)(=O)CC)ncc2Cl)cc1. The number of rotatable bonds is 6. The molecule has 0 saturated heterocycles. The van der Waals surface area contributed by atoms with Gasteiger partial charge in [0.2, 0.25) is 15.0 Å². The van der Waals surface area contributed by atoms with Gasteiger partial charge in [-0.2, -0.15) is 0 Å². The number of aromatic nitrogens is 2. The van der Waals surface area contributed by atoms with E-state index in [2.05, 4.69) is 21.2 Å². The lowest BCUT2D eigenvalue weighted by Gasteiger charge is -2.08. The summed E-state index contributed by atoms with van der Waals surface area (Å²) in [7, 11) is -3.65. The highest BCUT2D eigenvalue weighted by atomic mass is 35.5. The minimum absolute atomic E-state index is 0.0541. The molecule has 0 bridgehead atoms. The van der Waals surface area contributed by atoms with E-state index in [0.717, 1.165) is 6.20 Å². The lowest BCUT2D eigenvalue weighted by Crippen LogP contribution is -2.18. The average Bonchev–Trinajstić information content (AvgIpc) is 2.61. The second-order valence-electron chi connectivity index (χ2n) is 4.72. The largest absolute Gasteiger partial charge is 0.481 e. The molecule has 1 aromatic carbocycles. The molecule has 25 heavy (non-hydrogen) atoms. The van der Waals surface area contributed by atoms with Crippen molar-refractivity contribution in [1.29, 1.82) is 0 Å². The number of terminal acetylenes is 1. The topological polar surface area (TPSA) is 98.2 Å². The van der Waals surface area contributed by atoms with E-state index in [1.807, 2.05) is 0 Å². The van der Waals surface area contributed by atoms with E-state index in [9.17, 15) is 13.2 Å². The van der Waals surface area contributed by atoms with Crippen LogP contribution in [0.5, 0.6) is 5.75 Å². The van der Waals surface area contributed by atoms with Crippen LogP contribution in [0.3, 0.4) is 0 Å². The molecule has 1 heterocycles. The van der Waals surface area contributed by atoms with Crippen LogP contribution in [-0.2, 0) is 9.84 Å². The highest BCUT2D eigenvalue weighted by molar-refractivity contribution is 7.91. The van der Waals surface area contributed by atoms with Gasteiger partial charge in [0.1, 0.15) is 12.4 Å². The van der Waals surface area contributed by atoms with Crippen molar-refractivity contribution in [3.8, 4) is 18.1 Å².